The molecule has 1 fully saturated rings. The van der Waals surface area contributed by atoms with E-state index in [9.17, 15) is 0 Å². The second kappa shape index (κ2) is 7.44. The Kier molecular flexibility index (Phi) is 5.88. The van der Waals surface area contributed by atoms with Gasteiger partial charge in [0.05, 0.1) is 0 Å². The highest BCUT2D eigenvalue weighted by Crippen LogP contribution is 2.47. The zero-order valence-corrected chi connectivity index (χ0v) is 13.4. The minimum Gasteiger partial charge on any atom is -0.382 e. The van der Waals surface area contributed by atoms with Crippen molar-refractivity contribution in [3.05, 3.63) is 34.9 Å². The third-order valence-corrected chi connectivity index (χ3v) is 4.92. The lowest BCUT2D eigenvalue weighted by atomic mass is 9.59. The van der Waals surface area contributed by atoms with Gasteiger partial charge in [0, 0.05) is 29.7 Å². The first-order chi connectivity index (χ1) is 9.73. The molecular weight excluding hydrogens is 270 g/mol. The molecule has 2 rings (SSSR count). The molecule has 2 nitrogen and oxygen atoms in total. The fraction of sp³-hybridized carbons (Fsp3) is 0.647. The second-order valence-electron chi connectivity index (χ2n) is 5.70. The lowest BCUT2D eigenvalue weighted by Gasteiger charge is -2.48. The summed E-state index contributed by atoms with van der Waals surface area (Å²) in [6, 6.07) is 8.97. The van der Waals surface area contributed by atoms with E-state index in [1.54, 1.807) is 0 Å². The zero-order chi connectivity index (χ0) is 14.4. The third-order valence-electron chi connectivity index (χ3n) is 4.67. The van der Waals surface area contributed by atoms with Gasteiger partial charge in [-0.2, -0.15) is 0 Å². The molecule has 0 aliphatic heterocycles. The Bertz CT molecular complexity index is 400. The smallest absolute Gasteiger partial charge is 0.0466 e. The molecule has 112 valence electrons. The summed E-state index contributed by atoms with van der Waals surface area (Å²) in [4.78, 5) is 0. The van der Waals surface area contributed by atoms with Gasteiger partial charge in [-0.3, -0.25) is 0 Å². The standard InChI is InChI=1S/C17H26ClNO/c1-3-20-13-4-6-16(19-2)17(11-5-12-17)14-7-9-15(18)10-8-14/h7-10,16,19H,3-6,11-13H2,1-2H3. The number of benzene rings is 1. The molecule has 0 heterocycles. The van der Waals surface area contributed by atoms with Crippen LogP contribution in [0.25, 0.3) is 0 Å². The van der Waals surface area contributed by atoms with Crippen molar-refractivity contribution in [1.29, 1.82) is 0 Å². The first-order valence-corrected chi connectivity index (χ1v) is 8.12. The molecule has 1 aliphatic rings. The molecule has 1 aliphatic carbocycles. The van der Waals surface area contributed by atoms with Gasteiger partial charge in [-0.05, 0) is 57.4 Å². The SMILES string of the molecule is CCOCCCC(NC)C1(c2ccc(Cl)cc2)CCC1. The van der Waals surface area contributed by atoms with E-state index < -0.39 is 0 Å². The molecular formula is C17H26ClNO. The van der Waals surface area contributed by atoms with Gasteiger partial charge in [0.25, 0.3) is 0 Å². The summed E-state index contributed by atoms with van der Waals surface area (Å²) in [5.41, 5.74) is 1.73. The zero-order valence-electron chi connectivity index (χ0n) is 12.6. The normalized spacial score (nSPS) is 18.6. The van der Waals surface area contributed by atoms with Crippen LogP contribution in [0, 0.1) is 0 Å². The van der Waals surface area contributed by atoms with Gasteiger partial charge in [0.1, 0.15) is 0 Å². The predicted molar refractivity (Wildman–Crippen MR) is 85.6 cm³/mol. The molecule has 0 saturated heterocycles. The number of rotatable bonds is 8. The summed E-state index contributed by atoms with van der Waals surface area (Å²) in [5, 5.41) is 4.37. The first kappa shape index (κ1) is 15.8. The Morgan fingerprint density at radius 1 is 1.30 bits per heavy atom. The number of ether oxygens (including phenoxy) is 1. The van der Waals surface area contributed by atoms with E-state index in [-0.39, 0.29) is 0 Å². The van der Waals surface area contributed by atoms with E-state index in [0.29, 0.717) is 11.5 Å². The molecule has 0 spiro atoms. The van der Waals surface area contributed by atoms with Crippen LogP contribution in [0.4, 0.5) is 0 Å². The Labute approximate surface area is 127 Å². The molecule has 1 aromatic carbocycles. The Balaban J connectivity index is 2.05. The van der Waals surface area contributed by atoms with Crippen LogP contribution in [0.2, 0.25) is 5.02 Å². The van der Waals surface area contributed by atoms with Crippen molar-refractivity contribution in [3.63, 3.8) is 0 Å². The predicted octanol–water partition coefficient (Wildman–Crippen LogP) is 4.17. The van der Waals surface area contributed by atoms with Gasteiger partial charge < -0.3 is 10.1 Å². The van der Waals surface area contributed by atoms with E-state index in [1.165, 1.54) is 31.2 Å². The summed E-state index contributed by atoms with van der Waals surface area (Å²) in [6.07, 6.45) is 6.16. The van der Waals surface area contributed by atoms with Gasteiger partial charge in [0.2, 0.25) is 0 Å². The fourth-order valence-corrected chi connectivity index (χ4v) is 3.53. The largest absolute Gasteiger partial charge is 0.382 e. The van der Waals surface area contributed by atoms with Crippen molar-refractivity contribution in [2.45, 2.75) is 50.5 Å². The number of hydrogen-bond donors (Lipinski definition) is 1. The summed E-state index contributed by atoms with van der Waals surface area (Å²) < 4.78 is 5.47. The lowest BCUT2D eigenvalue weighted by Crippen LogP contribution is -2.51. The molecule has 0 aromatic heterocycles. The third kappa shape index (κ3) is 3.36. The Hall–Kier alpha value is -0.570. The van der Waals surface area contributed by atoms with Crippen LogP contribution >= 0.6 is 11.6 Å². The summed E-state index contributed by atoms with van der Waals surface area (Å²) in [7, 11) is 2.08. The van der Waals surface area contributed by atoms with Crippen molar-refractivity contribution in [1.82, 2.24) is 5.32 Å². The minimum absolute atomic E-state index is 0.297. The van der Waals surface area contributed by atoms with Crippen LogP contribution in [0.15, 0.2) is 24.3 Å². The van der Waals surface area contributed by atoms with E-state index >= 15 is 0 Å². The Morgan fingerprint density at radius 3 is 2.50 bits per heavy atom. The Morgan fingerprint density at radius 2 is 2.00 bits per heavy atom. The quantitative estimate of drug-likeness (QED) is 0.727. The molecule has 1 atom stereocenters. The van der Waals surface area contributed by atoms with Crippen molar-refractivity contribution >= 4 is 11.6 Å². The minimum atomic E-state index is 0.297. The average molecular weight is 296 g/mol. The number of likely N-dealkylation sites (N-methyl/N-ethyl adjacent to an activating group) is 1. The highest BCUT2D eigenvalue weighted by Gasteiger charge is 2.44. The van der Waals surface area contributed by atoms with Gasteiger partial charge in [-0.15, -0.1) is 0 Å². The monoisotopic (exact) mass is 295 g/mol. The summed E-state index contributed by atoms with van der Waals surface area (Å²) in [5.74, 6) is 0. The van der Waals surface area contributed by atoms with Crippen LogP contribution in [-0.4, -0.2) is 26.3 Å². The van der Waals surface area contributed by atoms with Crippen LogP contribution in [-0.2, 0) is 10.2 Å². The summed E-state index contributed by atoms with van der Waals surface area (Å²) >= 11 is 6.02. The number of nitrogens with one attached hydrogen (secondary N) is 1. The molecule has 3 heteroatoms. The van der Waals surface area contributed by atoms with Crippen LogP contribution in [0.1, 0.15) is 44.6 Å². The van der Waals surface area contributed by atoms with E-state index in [0.717, 1.165) is 24.7 Å². The van der Waals surface area contributed by atoms with Gasteiger partial charge in [0.15, 0.2) is 0 Å². The van der Waals surface area contributed by atoms with Crippen molar-refractivity contribution < 1.29 is 4.74 Å². The van der Waals surface area contributed by atoms with Crippen LogP contribution in [0.3, 0.4) is 0 Å². The first-order valence-electron chi connectivity index (χ1n) is 7.74. The van der Waals surface area contributed by atoms with Crippen molar-refractivity contribution in [2.24, 2.45) is 0 Å². The van der Waals surface area contributed by atoms with Crippen LogP contribution in [0.5, 0.6) is 0 Å². The van der Waals surface area contributed by atoms with Crippen molar-refractivity contribution in [2.75, 3.05) is 20.3 Å². The molecule has 0 bridgehead atoms. The number of hydrogen-bond acceptors (Lipinski definition) is 2. The maximum Gasteiger partial charge on any atom is 0.0466 e. The molecule has 1 unspecified atom stereocenters. The highest BCUT2D eigenvalue weighted by atomic mass is 35.5. The number of halogens is 1. The molecule has 0 radical (unpaired) electrons. The molecule has 20 heavy (non-hydrogen) atoms. The van der Waals surface area contributed by atoms with Gasteiger partial charge in [-0.25, -0.2) is 0 Å². The van der Waals surface area contributed by atoms with E-state index in [2.05, 4.69) is 31.4 Å². The van der Waals surface area contributed by atoms with E-state index in [1.807, 2.05) is 12.1 Å². The molecule has 1 aromatic rings. The molecule has 1 N–H and O–H groups in total. The molecule has 0 amide bonds. The summed E-state index contributed by atoms with van der Waals surface area (Å²) in [6.45, 7) is 3.73. The van der Waals surface area contributed by atoms with Crippen LogP contribution < -0.4 is 5.32 Å². The van der Waals surface area contributed by atoms with E-state index in [4.69, 9.17) is 16.3 Å². The van der Waals surface area contributed by atoms with Gasteiger partial charge in [-0.1, -0.05) is 30.2 Å². The maximum atomic E-state index is 6.02. The average Bonchev–Trinajstić information content (AvgIpc) is 2.42. The maximum absolute atomic E-state index is 6.02. The van der Waals surface area contributed by atoms with Crippen molar-refractivity contribution in [3.8, 4) is 0 Å². The van der Waals surface area contributed by atoms with Gasteiger partial charge >= 0.3 is 0 Å². The molecule has 1 saturated carbocycles. The highest BCUT2D eigenvalue weighted by molar-refractivity contribution is 6.30. The topological polar surface area (TPSA) is 21.3 Å². The second-order valence-corrected chi connectivity index (χ2v) is 6.13. The fourth-order valence-electron chi connectivity index (χ4n) is 3.41. The lowest BCUT2D eigenvalue weighted by molar-refractivity contribution is 0.123.